The third-order valence-corrected chi connectivity index (χ3v) is 8.18. The molecule has 0 unspecified atom stereocenters. The number of aliphatic carboxylic acids is 1. The van der Waals surface area contributed by atoms with Crippen LogP contribution in [0.4, 0.5) is 23.7 Å². The molecule has 0 bridgehead atoms. The fourth-order valence-electron chi connectivity index (χ4n) is 5.98. The molecule has 0 saturated carbocycles. The largest absolute Gasteiger partial charge is 0.573 e. The molecule has 3 heterocycles. The van der Waals surface area contributed by atoms with E-state index in [1.54, 1.807) is 17.0 Å². The number of rotatable bonds is 10. The van der Waals surface area contributed by atoms with Gasteiger partial charge in [0.25, 0.3) is 5.91 Å². The fourth-order valence-corrected chi connectivity index (χ4v) is 5.98. The number of carbonyl (C=O) groups is 3. The highest BCUT2D eigenvalue weighted by Crippen LogP contribution is 2.40. The van der Waals surface area contributed by atoms with Gasteiger partial charge in [0.05, 0.1) is 6.42 Å². The van der Waals surface area contributed by atoms with Gasteiger partial charge in [-0.05, 0) is 73.7 Å². The van der Waals surface area contributed by atoms with Crippen LogP contribution < -0.4 is 9.64 Å². The molecule has 2 aliphatic heterocycles. The van der Waals surface area contributed by atoms with Gasteiger partial charge >= 0.3 is 18.4 Å². The number of aryl methyl sites for hydroxylation is 2. The predicted octanol–water partition coefficient (Wildman–Crippen LogP) is 5.22. The number of hydrogen-bond acceptors (Lipinski definition) is 5. The number of hydrogen-bond donors (Lipinski definition) is 1. The smallest absolute Gasteiger partial charge is 0.481 e. The van der Waals surface area contributed by atoms with E-state index < -0.39 is 23.9 Å². The van der Waals surface area contributed by atoms with Crippen molar-refractivity contribution in [2.24, 2.45) is 0 Å². The minimum absolute atomic E-state index is 0.0537. The number of ether oxygens (including phenoxy) is 1. The van der Waals surface area contributed by atoms with E-state index in [2.05, 4.69) is 14.2 Å². The van der Waals surface area contributed by atoms with Crippen molar-refractivity contribution in [3.8, 4) is 5.75 Å². The Morgan fingerprint density at radius 2 is 1.70 bits per heavy atom. The Bertz CT molecular complexity index is 1480. The molecule has 1 N–H and O–H groups in total. The average Bonchev–Trinajstić information content (AvgIpc) is 3.44. The molecule has 1 spiro atoms. The maximum Gasteiger partial charge on any atom is 0.573 e. The van der Waals surface area contributed by atoms with Gasteiger partial charge in [-0.25, -0.2) is 4.79 Å². The highest BCUT2D eigenvalue weighted by atomic mass is 19.4. The molecule has 3 aromatic rings. The molecule has 12 heteroatoms. The summed E-state index contributed by atoms with van der Waals surface area (Å²) >= 11 is 0. The van der Waals surface area contributed by atoms with E-state index in [1.165, 1.54) is 29.2 Å². The second-order valence-corrected chi connectivity index (χ2v) is 11.0. The summed E-state index contributed by atoms with van der Waals surface area (Å²) in [4.78, 5) is 43.9. The van der Waals surface area contributed by atoms with Gasteiger partial charge in [0.1, 0.15) is 11.3 Å². The molecule has 0 radical (unpaired) electrons. The zero-order valence-corrected chi connectivity index (χ0v) is 23.7. The number of carboxylic acid groups (broad SMARTS) is 1. The lowest BCUT2D eigenvalue weighted by atomic mass is 9.85. The molecule has 2 aromatic carbocycles. The number of nitrogens with zero attached hydrogens (tertiary/aromatic N) is 4. The molecular weight excluding hydrogens is 565 g/mol. The monoisotopic (exact) mass is 598 g/mol. The summed E-state index contributed by atoms with van der Waals surface area (Å²) in [6.07, 6.45) is -1.69. The zero-order valence-electron chi connectivity index (χ0n) is 23.7. The highest BCUT2D eigenvalue weighted by Gasteiger charge is 2.57. The van der Waals surface area contributed by atoms with Gasteiger partial charge in [0.2, 0.25) is 0 Å². The maximum atomic E-state index is 14.0. The van der Waals surface area contributed by atoms with Gasteiger partial charge in [-0.1, -0.05) is 24.3 Å². The summed E-state index contributed by atoms with van der Waals surface area (Å²) in [7, 11) is 0. The summed E-state index contributed by atoms with van der Waals surface area (Å²) in [5, 5.41) is 9.18. The van der Waals surface area contributed by atoms with Gasteiger partial charge in [-0.2, -0.15) is 0 Å². The van der Waals surface area contributed by atoms with Gasteiger partial charge in [0, 0.05) is 50.3 Å². The minimum Gasteiger partial charge on any atom is -0.481 e. The standard InChI is InChI=1S/C31H33F3N4O5/c1-22-5-3-14-35(22)15-4-16-37-28(41)30(12-17-36(18-13-30)25-7-2-6-24(19-25)20-27(39)40)38(29(37)42)21-23-8-10-26(11-9-23)43-31(32,33)34/h2-3,5-11,14,19H,4,12-13,15-18,20-21H2,1H3,(H,39,40). The Labute approximate surface area is 247 Å². The van der Waals surface area contributed by atoms with Crippen molar-refractivity contribution >= 4 is 23.6 Å². The van der Waals surface area contributed by atoms with Crippen molar-refractivity contribution in [1.82, 2.24) is 14.4 Å². The van der Waals surface area contributed by atoms with Crippen LogP contribution in [0.1, 0.15) is 36.1 Å². The Hall–Kier alpha value is -4.48. The van der Waals surface area contributed by atoms with E-state index in [0.29, 0.717) is 50.0 Å². The number of amides is 3. The number of aromatic nitrogens is 1. The van der Waals surface area contributed by atoms with Gasteiger partial charge in [-0.3, -0.25) is 14.5 Å². The molecule has 1 aromatic heterocycles. The molecule has 9 nitrogen and oxygen atoms in total. The van der Waals surface area contributed by atoms with Crippen LogP contribution in [0.3, 0.4) is 0 Å². The van der Waals surface area contributed by atoms with Gasteiger partial charge in [-0.15, -0.1) is 13.2 Å². The number of anilines is 1. The van der Waals surface area contributed by atoms with E-state index in [0.717, 1.165) is 11.4 Å². The van der Waals surface area contributed by atoms with E-state index in [4.69, 9.17) is 0 Å². The first-order chi connectivity index (χ1) is 20.4. The van der Waals surface area contributed by atoms with E-state index >= 15 is 0 Å². The molecular formula is C31H33F3N4O5. The lowest BCUT2D eigenvalue weighted by Gasteiger charge is -2.43. The van der Waals surface area contributed by atoms with Crippen LogP contribution in [0.25, 0.3) is 0 Å². The topological polar surface area (TPSA) is 95.3 Å². The summed E-state index contributed by atoms with van der Waals surface area (Å²) in [6, 6.07) is 16.1. The SMILES string of the molecule is Cc1cccn1CCCN1C(=O)N(Cc2ccc(OC(F)(F)F)cc2)C2(CCN(c3cccc(CC(=O)O)c3)CC2)C1=O. The quantitative estimate of drug-likeness (QED) is 0.322. The van der Waals surface area contributed by atoms with Crippen LogP contribution in [0.5, 0.6) is 5.75 Å². The molecule has 2 saturated heterocycles. The average molecular weight is 599 g/mol. The molecule has 43 heavy (non-hydrogen) atoms. The Balaban J connectivity index is 1.35. The molecule has 228 valence electrons. The molecule has 2 aliphatic rings. The summed E-state index contributed by atoms with van der Waals surface area (Å²) in [6.45, 7) is 3.84. The number of alkyl halides is 3. The number of urea groups is 1. The summed E-state index contributed by atoms with van der Waals surface area (Å²) in [5.41, 5.74) is 2.06. The van der Waals surface area contributed by atoms with E-state index in [-0.39, 0.29) is 31.2 Å². The second-order valence-electron chi connectivity index (χ2n) is 11.0. The maximum absolute atomic E-state index is 14.0. The molecule has 2 fully saturated rings. The fraction of sp³-hybridized carbons (Fsp3) is 0.387. The zero-order chi connectivity index (χ0) is 30.8. The first-order valence-electron chi connectivity index (χ1n) is 14.1. The summed E-state index contributed by atoms with van der Waals surface area (Å²) in [5.74, 6) is -1.56. The van der Waals surface area contributed by atoms with Crippen LogP contribution in [0, 0.1) is 6.92 Å². The Kier molecular flexibility index (Phi) is 8.38. The molecule has 0 atom stereocenters. The van der Waals surface area contributed by atoms with Crippen LogP contribution in [-0.2, 0) is 29.1 Å². The van der Waals surface area contributed by atoms with E-state index in [9.17, 15) is 32.7 Å². The third kappa shape index (κ3) is 6.63. The molecule has 3 amide bonds. The number of halogens is 3. The number of carboxylic acids is 1. The predicted molar refractivity (Wildman–Crippen MR) is 152 cm³/mol. The minimum atomic E-state index is -4.82. The Morgan fingerprint density at radius 1 is 0.977 bits per heavy atom. The van der Waals surface area contributed by atoms with Crippen molar-refractivity contribution in [2.45, 2.75) is 57.6 Å². The number of piperidine rings is 1. The number of carbonyl (C=O) groups excluding carboxylic acids is 2. The molecule has 0 aliphatic carbocycles. The molecule has 5 rings (SSSR count). The first kappa shape index (κ1) is 30.0. The second kappa shape index (κ2) is 12.0. The number of imide groups is 1. The first-order valence-corrected chi connectivity index (χ1v) is 14.1. The summed E-state index contributed by atoms with van der Waals surface area (Å²) < 4.78 is 44.0. The van der Waals surface area contributed by atoms with Gasteiger partial charge in [0.15, 0.2) is 0 Å². The van der Waals surface area contributed by atoms with Gasteiger partial charge < -0.3 is 24.2 Å². The van der Waals surface area contributed by atoms with Crippen molar-refractivity contribution < 1.29 is 37.4 Å². The van der Waals surface area contributed by atoms with Crippen LogP contribution in [0.2, 0.25) is 0 Å². The lowest BCUT2D eigenvalue weighted by Crippen LogP contribution is -2.56. The third-order valence-electron chi connectivity index (χ3n) is 8.18. The van der Waals surface area contributed by atoms with Crippen molar-refractivity contribution in [1.29, 1.82) is 0 Å². The lowest BCUT2D eigenvalue weighted by molar-refractivity contribution is -0.274. The van der Waals surface area contributed by atoms with Crippen LogP contribution in [0.15, 0.2) is 66.9 Å². The normalized spacial score (nSPS) is 16.8. The van der Waals surface area contributed by atoms with Crippen LogP contribution >= 0.6 is 0 Å². The van der Waals surface area contributed by atoms with Crippen molar-refractivity contribution in [3.05, 3.63) is 83.7 Å². The van der Waals surface area contributed by atoms with Crippen LogP contribution in [-0.4, -0.2) is 68.9 Å². The highest BCUT2D eigenvalue weighted by molar-refractivity contribution is 6.07. The Morgan fingerprint density at radius 3 is 2.33 bits per heavy atom. The van der Waals surface area contributed by atoms with Crippen molar-refractivity contribution in [2.75, 3.05) is 24.5 Å². The number of benzene rings is 2. The van der Waals surface area contributed by atoms with E-state index in [1.807, 2.05) is 37.4 Å². The van der Waals surface area contributed by atoms with Crippen molar-refractivity contribution in [3.63, 3.8) is 0 Å².